The minimum Gasteiger partial charge on any atom is -0.370 e. The first kappa shape index (κ1) is 17.0. The number of aliphatic imine (C=N–C) groups is 1. The fourth-order valence-electron chi connectivity index (χ4n) is 3.45. The van der Waals surface area contributed by atoms with Crippen LogP contribution >= 0.6 is 11.3 Å². The van der Waals surface area contributed by atoms with E-state index in [9.17, 15) is 0 Å². The number of aromatic nitrogens is 1. The van der Waals surface area contributed by atoms with Gasteiger partial charge in [0.15, 0.2) is 5.96 Å². The Morgan fingerprint density at radius 3 is 2.79 bits per heavy atom. The summed E-state index contributed by atoms with van der Waals surface area (Å²) >= 11 is 1.86. The van der Waals surface area contributed by atoms with Gasteiger partial charge in [-0.05, 0) is 36.4 Å². The van der Waals surface area contributed by atoms with E-state index in [4.69, 9.17) is 5.73 Å². The fourth-order valence-corrected chi connectivity index (χ4v) is 4.43. The van der Waals surface area contributed by atoms with Gasteiger partial charge in [-0.2, -0.15) is 0 Å². The summed E-state index contributed by atoms with van der Waals surface area (Å²) in [6, 6.07) is 10.4. The molecule has 0 amide bonds. The molecule has 2 aromatic rings. The maximum absolute atomic E-state index is 6.09. The third-order valence-corrected chi connectivity index (χ3v) is 5.94. The largest absolute Gasteiger partial charge is 0.370 e. The van der Waals surface area contributed by atoms with E-state index >= 15 is 0 Å². The number of rotatable bonds is 6. The highest BCUT2D eigenvalue weighted by molar-refractivity contribution is 7.10. The summed E-state index contributed by atoms with van der Waals surface area (Å²) in [7, 11) is 0. The molecule has 24 heavy (non-hydrogen) atoms. The fraction of sp³-hybridized carbons (Fsp3) is 0.474. The lowest BCUT2D eigenvalue weighted by atomic mass is 9.73. The van der Waals surface area contributed by atoms with E-state index in [1.165, 1.54) is 37.0 Å². The lowest BCUT2D eigenvalue weighted by Crippen LogP contribution is -2.37. The molecule has 0 atom stereocenters. The van der Waals surface area contributed by atoms with Crippen LogP contribution in [0.4, 0.5) is 0 Å². The van der Waals surface area contributed by atoms with Crippen LogP contribution in [-0.2, 0) is 11.8 Å². The zero-order valence-electron chi connectivity index (χ0n) is 14.1. The van der Waals surface area contributed by atoms with Crippen molar-refractivity contribution in [2.75, 3.05) is 13.1 Å². The predicted molar refractivity (Wildman–Crippen MR) is 102 cm³/mol. The van der Waals surface area contributed by atoms with E-state index in [0.29, 0.717) is 5.96 Å². The zero-order chi connectivity index (χ0) is 16.7. The lowest BCUT2D eigenvalue weighted by molar-refractivity contribution is 0.306. The van der Waals surface area contributed by atoms with Crippen LogP contribution in [0.25, 0.3) is 0 Å². The molecule has 128 valence electrons. The number of nitrogens with zero attached hydrogens (tertiary/aromatic N) is 2. The van der Waals surface area contributed by atoms with Crippen LogP contribution in [-0.4, -0.2) is 24.0 Å². The van der Waals surface area contributed by atoms with E-state index in [-0.39, 0.29) is 5.41 Å². The Morgan fingerprint density at radius 1 is 1.21 bits per heavy atom. The van der Waals surface area contributed by atoms with Gasteiger partial charge in [0.05, 0.1) is 6.54 Å². The highest BCUT2D eigenvalue weighted by Gasteiger charge is 2.34. The summed E-state index contributed by atoms with van der Waals surface area (Å²) in [5.41, 5.74) is 7.35. The van der Waals surface area contributed by atoms with Gasteiger partial charge in [0.2, 0.25) is 0 Å². The molecular weight excluding hydrogens is 316 g/mol. The second-order valence-corrected chi connectivity index (χ2v) is 7.47. The molecule has 1 aliphatic rings. The van der Waals surface area contributed by atoms with Gasteiger partial charge in [-0.15, -0.1) is 11.3 Å². The summed E-state index contributed by atoms with van der Waals surface area (Å²) in [6.45, 7) is 1.55. The molecule has 0 aliphatic heterocycles. The molecule has 1 aliphatic carbocycles. The molecule has 0 radical (unpaired) electrons. The Hall–Kier alpha value is -1.88. The third kappa shape index (κ3) is 4.35. The van der Waals surface area contributed by atoms with Crippen LogP contribution in [0.2, 0.25) is 0 Å². The van der Waals surface area contributed by atoms with Crippen molar-refractivity contribution in [2.45, 2.75) is 43.9 Å². The highest BCUT2D eigenvalue weighted by atomic mass is 32.1. The molecule has 4 nitrogen and oxygen atoms in total. The second kappa shape index (κ2) is 8.29. The Labute approximate surface area is 148 Å². The molecule has 0 bridgehead atoms. The standard InChI is InChI=1S/C19H26N4S/c20-18(22-13-9-16-7-2-5-12-21-16)23-15-19(10-3-1-4-11-19)17-8-6-14-24-17/h2,5-8,12,14H,1,3-4,9-11,13,15H2,(H3,20,22,23). The van der Waals surface area contributed by atoms with Crippen LogP contribution in [0.5, 0.6) is 0 Å². The number of hydrogen-bond acceptors (Lipinski definition) is 3. The maximum atomic E-state index is 6.09. The van der Waals surface area contributed by atoms with Crippen LogP contribution in [0.15, 0.2) is 46.9 Å². The van der Waals surface area contributed by atoms with E-state index in [1.54, 1.807) is 0 Å². The Morgan fingerprint density at radius 2 is 2.08 bits per heavy atom. The molecular formula is C19H26N4S. The van der Waals surface area contributed by atoms with Gasteiger partial charge in [-0.1, -0.05) is 31.4 Å². The lowest BCUT2D eigenvalue weighted by Gasteiger charge is -2.35. The van der Waals surface area contributed by atoms with Gasteiger partial charge >= 0.3 is 0 Å². The van der Waals surface area contributed by atoms with Gasteiger partial charge in [-0.25, -0.2) is 0 Å². The molecule has 5 heteroatoms. The highest BCUT2D eigenvalue weighted by Crippen LogP contribution is 2.41. The Bertz CT molecular complexity index is 631. The summed E-state index contributed by atoms with van der Waals surface area (Å²) in [5, 5.41) is 5.39. The number of nitrogens with one attached hydrogen (secondary N) is 1. The van der Waals surface area contributed by atoms with Gasteiger partial charge in [0.1, 0.15) is 0 Å². The van der Waals surface area contributed by atoms with Crippen molar-refractivity contribution in [2.24, 2.45) is 10.7 Å². The van der Waals surface area contributed by atoms with Crippen molar-refractivity contribution in [3.63, 3.8) is 0 Å². The molecule has 1 saturated carbocycles. The van der Waals surface area contributed by atoms with Crippen LogP contribution in [0, 0.1) is 0 Å². The van der Waals surface area contributed by atoms with Crippen molar-refractivity contribution in [1.29, 1.82) is 0 Å². The van der Waals surface area contributed by atoms with Crippen molar-refractivity contribution in [1.82, 2.24) is 10.3 Å². The van der Waals surface area contributed by atoms with E-state index in [0.717, 1.165) is 25.2 Å². The first-order valence-electron chi connectivity index (χ1n) is 8.76. The number of hydrogen-bond donors (Lipinski definition) is 2. The van der Waals surface area contributed by atoms with E-state index in [2.05, 4.69) is 32.8 Å². The van der Waals surface area contributed by atoms with Gasteiger partial charge in [0, 0.05) is 35.1 Å². The summed E-state index contributed by atoms with van der Waals surface area (Å²) < 4.78 is 0. The van der Waals surface area contributed by atoms with Crippen LogP contribution in [0.3, 0.4) is 0 Å². The molecule has 1 fully saturated rings. The van der Waals surface area contributed by atoms with E-state index in [1.807, 2.05) is 35.7 Å². The van der Waals surface area contributed by atoms with Crippen LogP contribution < -0.4 is 11.1 Å². The van der Waals surface area contributed by atoms with Crippen molar-refractivity contribution in [3.8, 4) is 0 Å². The summed E-state index contributed by atoms with van der Waals surface area (Å²) in [6.07, 6.45) is 9.04. The maximum Gasteiger partial charge on any atom is 0.188 e. The van der Waals surface area contributed by atoms with Gasteiger partial charge < -0.3 is 11.1 Å². The first-order chi connectivity index (χ1) is 11.8. The number of guanidine groups is 1. The Kier molecular flexibility index (Phi) is 5.86. The summed E-state index contributed by atoms with van der Waals surface area (Å²) in [4.78, 5) is 10.5. The zero-order valence-corrected chi connectivity index (χ0v) is 14.9. The van der Waals surface area contributed by atoms with Gasteiger partial charge in [0.25, 0.3) is 0 Å². The number of thiophene rings is 1. The topological polar surface area (TPSA) is 63.3 Å². The average molecular weight is 343 g/mol. The number of pyridine rings is 1. The smallest absolute Gasteiger partial charge is 0.188 e. The average Bonchev–Trinajstić information content (AvgIpc) is 3.17. The normalized spacial score (nSPS) is 17.6. The number of nitrogens with two attached hydrogens (primary N) is 1. The monoisotopic (exact) mass is 342 g/mol. The minimum absolute atomic E-state index is 0.194. The van der Waals surface area contributed by atoms with Crippen molar-refractivity contribution >= 4 is 17.3 Å². The molecule has 0 spiro atoms. The molecule has 0 aromatic carbocycles. The minimum atomic E-state index is 0.194. The molecule has 2 heterocycles. The first-order valence-corrected chi connectivity index (χ1v) is 9.64. The summed E-state index contributed by atoms with van der Waals surface area (Å²) in [5.74, 6) is 0.549. The molecule has 0 saturated heterocycles. The Balaban J connectivity index is 1.56. The van der Waals surface area contributed by atoms with Crippen molar-refractivity contribution in [3.05, 3.63) is 52.5 Å². The quantitative estimate of drug-likeness (QED) is 0.624. The van der Waals surface area contributed by atoms with Crippen LogP contribution in [0.1, 0.15) is 42.7 Å². The molecule has 2 aromatic heterocycles. The van der Waals surface area contributed by atoms with Gasteiger partial charge in [-0.3, -0.25) is 9.98 Å². The van der Waals surface area contributed by atoms with Crippen molar-refractivity contribution < 1.29 is 0 Å². The third-order valence-electron chi connectivity index (χ3n) is 4.82. The molecule has 3 rings (SSSR count). The SMILES string of the molecule is NC(=NCC1(c2cccs2)CCCCC1)NCCc1ccccn1. The molecule has 3 N–H and O–H groups in total. The van der Waals surface area contributed by atoms with E-state index < -0.39 is 0 Å². The predicted octanol–water partition coefficient (Wildman–Crippen LogP) is 3.49. The molecule has 0 unspecified atom stereocenters. The second-order valence-electron chi connectivity index (χ2n) is 6.52.